The van der Waals surface area contributed by atoms with Crippen LogP contribution in [0.15, 0.2) is 22.5 Å². The Morgan fingerprint density at radius 3 is 2.30 bits per heavy atom. The fourth-order valence-corrected chi connectivity index (χ4v) is 7.47. The molecule has 0 aromatic heterocycles. The number of methoxy groups -OCH3 is 1. The zero-order valence-electron chi connectivity index (χ0n) is 21.0. The van der Waals surface area contributed by atoms with Gasteiger partial charge in [-0.3, -0.25) is 9.59 Å². The topological polar surface area (TPSA) is 99.1 Å². The maximum atomic E-state index is 13.1. The molecule has 0 aromatic carbocycles. The van der Waals surface area contributed by atoms with Crippen molar-refractivity contribution in [3.8, 4) is 0 Å². The van der Waals surface area contributed by atoms with Gasteiger partial charge in [0.15, 0.2) is 5.78 Å². The van der Waals surface area contributed by atoms with Gasteiger partial charge < -0.3 is 19.3 Å². The summed E-state index contributed by atoms with van der Waals surface area (Å²) >= 11 is 0. The highest BCUT2D eigenvalue weighted by atomic mass is 16.6. The minimum absolute atomic E-state index is 0.0613. The second-order valence-electron chi connectivity index (χ2n) is 11.5. The summed E-state index contributed by atoms with van der Waals surface area (Å²) in [6.45, 7) is 13.5. The quantitative estimate of drug-likeness (QED) is 0.471. The molecule has 0 radical (unpaired) electrons. The van der Waals surface area contributed by atoms with E-state index in [0.29, 0.717) is 29.7 Å². The van der Waals surface area contributed by atoms with Crippen LogP contribution in [0.4, 0.5) is 0 Å². The summed E-state index contributed by atoms with van der Waals surface area (Å²) in [5.74, 6) is -1.00. The summed E-state index contributed by atoms with van der Waals surface area (Å²) in [6.07, 6.45) is 1.04. The standard InChI is InChI=1S/C26H36O7/c1-13-20(29)19(22(30)31-8)14(2)24(5)12-16-25(6,33-21(13)24)10-9-15-23(3,4)32-18(28)11-17(27)26(15,16)7/h15-17,27H,9-12H2,1-8H3/t15-,16+,17+,24-,25-,26-/m0/s1. The maximum absolute atomic E-state index is 13.1. The number of hydrogen-bond acceptors (Lipinski definition) is 7. The molecule has 2 aliphatic carbocycles. The minimum atomic E-state index is -0.894. The SMILES string of the molecule is COC(=O)C1=C(C)[C@]2(C)C[C@H]3[C@@]4(C)[C@H](O)CC(=O)OC(C)(C)[C@@H]4CC[C@]3(C)OC2=C(C)C1=O. The van der Waals surface area contributed by atoms with Gasteiger partial charge in [0.1, 0.15) is 22.5 Å². The van der Waals surface area contributed by atoms with E-state index in [2.05, 4.69) is 6.92 Å². The third-order valence-electron chi connectivity index (χ3n) is 9.41. The van der Waals surface area contributed by atoms with Crippen LogP contribution in [-0.2, 0) is 28.6 Å². The van der Waals surface area contributed by atoms with Crippen LogP contribution in [0.3, 0.4) is 0 Å². The van der Waals surface area contributed by atoms with E-state index in [4.69, 9.17) is 14.2 Å². The monoisotopic (exact) mass is 460 g/mol. The van der Waals surface area contributed by atoms with Crippen LogP contribution in [0, 0.1) is 22.7 Å². The molecule has 4 aliphatic rings. The van der Waals surface area contributed by atoms with Gasteiger partial charge in [0.2, 0.25) is 0 Å². The molecular weight excluding hydrogens is 424 g/mol. The maximum Gasteiger partial charge on any atom is 0.341 e. The van der Waals surface area contributed by atoms with Crippen molar-refractivity contribution in [1.29, 1.82) is 0 Å². The Balaban J connectivity index is 1.90. The number of esters is 2. The number of ketones is 1. The molecule has 2 aliphatic heterocycles. The first-order valence-corrected chi connectivity index (χ1v) is 11.8. The van der Waals surface area contributed by atoms with Gasteiger partial charge in [0.05, 0.1) is 19.6 Å². The molecule has 2 heterocycles. The molecule has 0 spiro atoms. The normalized spacial score (nSPS) is 42.4. The predicted octanol–water partition coefficient (Wildman–Crippen LogP) is 3.64. The number of rotatable bonds is 1. The van der Waals surface area contributed by atoms with Gasteiger partial charge in [-0.15, -0.1) is 0 Å². The number of Topliss-reactive ketones (excluding diaryl/α,β-unsaturated/α-hetero) is 1. The molecule has 0 amide bonds. The summed E-state index contributed by atoms with van der Waals surface area (Å²) in [5.41, 5.74) is -1.63. The summed E-state index contributed by atoms with van der Waals surface area (Å²) in [5, 5.41) is 11.4. The number of cyclic esters (lactones) is 1. The number of allylic oxidation sites excluding steroid dienone is 2. The molecule has 0 bridgehead atoms. The Labute approximate surface area is 195 Å². The Hall–Kier alpha value is -2.15. The van der Waals surface area contributed by atoms with Crippen LogP contribution >= 0.6 is 0 Å². The van der Waals surface area contributed by atoms with E-state index < -0.39 is 40.1 Å². The highest BCUT2D eigenvalue weighted by Gasteiger charge is 2.67. The van der Waals surface area contributed by atoms with Crippen molar-refractivity contribution in [2.75, 3.05) is 7.11 Å². The van der Waals surface area contributed by atoms with Crippen molar-refractivity contribution in [3.05, 3.63) is 22.5 Å². The summed E-state index contributed by atoms with van der Waals surface area (Å²) in [4.78, 5) is 38.2. The van der Waals surface area contributed by atoms with E-state index in [9.17, 15) is 19.5 Å². The molecular formula is C26H36O7. The number of aliphatic hydroxyl groups excluding tert-OH is 1. The number of hydrogen-bond donors (Lipinski definition) is 1. The van der Waals surface area contributed by atoms with E-state index in [1.807, 2.05) is 27.7 Å². The fourth-order valence-electron chi connectivity index (χ4n) is 7.47. The molecule has 7 nitrogen and oxygen atoms in total. The highest BCUT2D eigenvalue weighted by molar-refractivity contribution is 6.25. The van der Waals surface area contributed by atoms with E-state index in [0.717, 1.165) is 6.42 Å². The van der Waals surface area contributed by atoms with E-state index in [-0.39, 0.29) is 29.6 Å². The number of ether oxygens (including phenoxy) is 3. The lowest BCUT2D eigenvalue weighted by atomic mass is 9.46. The third kappa shape index (κ3) is 3.07. The Morgan fingerprint density at radius 2 is 1.70 bits per heavy atom. The van der Waals surface area contributed by atoms with Crippen molar-refractivity contribution >= 4 is 17.7 Å². The largest absolute Gasteiger partial charge is 0.490 e. The van der Waals surface area contributed by atoms with Crippen molar-refractivity contribution in [3.63, 3.8) is 0 Å². The molecule has 33 heavy (non-hydrogen) atoms. The van der Waals surface area contributed by atoms with Crippen molar-refractivity contribution < 1.29 is 33.7 Å². The summed E-state index contributed by atoms with van der Waals surface area (Å²) < 4.78 is 17.5. The Morgan fingerprint density at radius 1 is 1.06 bits per heavy atom. The van der Waals surface area contributed by atoms with E-state index in [1.165, 1.54) is 7.11 Å². The van der Waals surface area contributed by atoms with Crippen molar-refractivity contribution in [2.45, 2.75) is 91.5 Å². The minimum Gasteiger partial charge on any atom is -0.490 e. The Kier molecular flexibility index (Phi) is 5.22. The second-order valence-corrected chi connectivity index (χ2v) is 11.5. The molecule has 3 fully saturated rings. The van der Waals surface area contributed by atoms with Gasteiger partial charge >= 0.3 is 11.9 Å². The summed E-state index contributed by atoms with van der Waals surface area (Å²) in [6, 6.07) is 0. The average Bonchev–Trinajstić information content (AvgIpc) is 2.78. The van der Waals surface area contributed by atoms with Gasteiger partial charge in [-0.25, -0.2) is 4.79 Å². The van der Waals surface area contributed by atoms with Gasteiger partial charge in [0.25, 0.3) is 0 Å². The first-order chi connectivity index (χ1) is 15.1. The zero-order chi connectivity index (χ0) is 24.7. The van der Waals surface area contributed by atoms with Crippen LogP contribution in [0.5, 0.6) is 0 Å². The van der Waals surface area contributed by atoms with Crippen molar-refractivity contribution in [2.24, 2.45) is 22.7 Å². The lowest BCUT2D eigenvalue weighted by Crippen LogP contribution is -2.65. The first kappa shape index (κ1) is 24.0. The smallest absolute Gasteiger partial charge is 0.341 e. The van der Waals surface area contributed by atoms with Gasteiger partial charge in [0, 0.05) is 28.2 Å². The number of carbonyl (C=O) groups is 3. The molecule has 182 valence electrons. The van der Waals surface area contributed by atoms with Crippen molar-refractivity contribution in [1.82, 2.24) is 0 Å². The van der Waals surface area contributed by atoms with Crippen LogP contribution in [0.25, 0.3) is 0 Å². The lowest BCUT2D eigenvalue weighted by molar-refractivity contribution is -0.229. The van der Waals surface area contributed by atoms with Crippen LogP contribution < -0.4 is 0 Å². The highest BCUT2D eigenvalue weighted by Crippen LogP contribution is 2.66. The lowest BCUT2D eigenvalue weighted by Gasteiger charge is -2.64. The first-order valence-electron chi connectivity index (χ1n) is 11.8. The number of carbonyl (C=O) groups excluding carboxylic acids is 3. The van der Waals surface area contributed by atoms with Crippen LogP contribution in [0.1, 0.15) is 74.1 Å². The molecule has 0 unspecified atom stereocenters. The molecule has 1 N–H and O–H groups in total. The van der Waals surface area contributed by atoms with Gasteiger partial charge in [-0.2, -0.15) is 0 Å². The molecule has 1 saturated carbocycles. The third-order valence-corrected chi connectivity index (χ3v) is 9.41. The van der Waals surface area contributed by atoms with Gasteiger partial charge in [-0.05, 0) is 66.4 Å². The second kappa shape index (κ2) is 7.17. The van der Waals surface area contributed by atoms with Gasteiger partial charge in [-0.1, -0.05) is 6.92 Å². The Bertz CT molecular complexity index is 1000. The van der Waals surface area contributed by atoms with E-state index >= 15 is 0 Å². The number of aliphatic hydroxyl groups is 1. The molecule has 7 heteroatoms. The van der Waals surface area contributed by atoms with E-state index in [1.54, 1.807) is 13.8 Å². The predicted molar refractivity (Wildman–Crippen MR) is 120 cm³/mol. The molecule has 6 atom stereocenters. The summed E-state index contributed by atoms with van der Waals surface area (Å²) in [7, 11) is 1.27. The molecule has 2 saturated heterocycles. The fraction of sp³-hybridized carbons (Fsp3) is 0.731. The zero-order valence-corrected chi connectivity index (χ0v) is 21.0. The molecule has 0 aromatic rings. The molecule has 4 rings (SSSR count). The van der Waals surface area contributed by atoms with Crippen LogP contribution in [0.2, 0.25) is 0 Å². The van der Waals surface area contributed by atoms with Crippen LogP contribution in [-0.4, -0.2) is 47.2 Å². The number of fused-ring (bicyclic) bond motifs is 4. The average molecular weight is 461 g/mol.